The average molecular weight is 318 g/mol. The molecule has 1 aromatic carbocycles. The lowest BCUT2D eigenvalue weighted by Crippen LogP contribution is -2.51. The molecular formula is C17H22N2O4. The van der Waals surface area contributed by atoms with Crippen molar-refractivity contribution in [2.24, 2.45) is 5.92 Å². The Hall–Kier alpha value is -2.50. The van der Waals surface area contributed by atoms with E-state index in [0.717, 1.165) is 17.7 Å². The fourth-order valence-corrected chi connectivity index (χ4v) is 2.46. The maximum absolute atomic E-state index is 12.2. The zero-order valence-electron chi connectivity index (χ0n) is 13.4. The molecule has 0 radical (unpaired) electrons. The second kappa shape index (κ2) is 7.67. The standard InChI is InChI=1S/C17H22N2O4/c1-4-10-23-13-8-6-12(7-9-13)15-14(16(20)22-5-2)11(3)18-17(21)19-15/h6-9,14-15H,3-5,10H2,1-2H3,(H2,18,19,21)/t14-,15+/m1/s1. The molecule has 124 valence electrons. The third-order valence-electron chi connectivity index (χ3n) is 3.52. The van der Waals surface area contributed by atoms with Gasteiger partial charge in [-0.05, 0) is 31.0 Å². The van der Waals surface area contributed by atoms with E-state index in [4.69, 9.17) is 9.47 Å². The Kier molecular flexibility index (Phi) is 5.62. The molecule has 1 aliphatic rings. The fourth-order valence-electron chi connectivity index (χ4n) is 2.46. The highest BCUT2D eigenvalue weighted by molar-refractivity contribution is 5.85. The van der Waals surface area contributed by atoms with Crippen molar-refractivity contribution < 1.29 is 19.1 Å². The lowest BCUT2D eigenvalue weighted by Gasteiger charge is -2.33. The van der Waals surface area contributed by atoms with Crippen LogP contribution in [0.1, 0.15) is 31.9 Å². The van der Waals surface area contributed by atoms with Crippen LogP contribution in [0.4, 0.5) is 4.79 Å². The minimum Gasteiger partial charge on any atom is -0.494 e. The van der Waals surface area contributed by atoms with Gasteiger partial charge in [0.15, 0.2) is 0 Å². The van der Waals surface area contributed by atoms with Gasteiger partial charge in [-0.2, -0.15) is 0 Å². The van der Waals surface area contributed by atoms with Crippen LogP contribution in [-0.2, 0) is 9.53 Å². The zero-order valence-corrected chi connectivity index (χ0v) is 13.4. The molecule has 0 aliphatic carbocycles. The van der Waals surface area contributed by atoms with E-state index in [1.165, 1.54) is 0 Å². The number of rotatable bonds is 6. The second-order valence-corrected chi connectivity index (χ2v) is 5.25. The van der Waals surface area contributed by atoms with Crippen molar-refractivity contribution in [3.8, 4) is 5.75 Å². The Morgan fingerprint density at radius 1 is 1.26 bits per heavy atom. The molecule has 6 heteroatoms. The van der Waals surface area contributed by atoms with Crippen molar-refractivity contribution >= 4 is 12.0 Å². The molecule has 1 aliphatic heterocycles. The third-order valence-corrected chi connectivity index (χ3v) is 3.52. The summed E-state index contributed by atoms with van der Waals surface area (Å²) in [5, 5.41) is 5.30. The van der Waals surface area contributed by atoms with E-state index < -0.39 is 17.9 Å². The van der Waals surface area contributed by atoms with E-state index in [2.05, 4.69) is 17.2 Å². The summed E-state index contributed by atoms with van der Waals surface area (Å²) < 4.78 is 10.6. The molecule has 1 heterocycles. The molecule has 6 nitrogen and oxygen atoms in total. The lowest BCUT2D eigenvalue weighted by molar-refractivity contribution is -0.147. The molecule has 0 aromatic heterocycles. The highest BCUT2D eigenvalue weighted by Gasteiger charge is 2.38. The van der Waals surface area contributed by atoms with Crippen LogP contribution in [0.2, 0.25) is 0 Å². The smallest absolute Gasteiger partial charge is 0.319 e. The molecule has 0 saturated carbocycles. The summed E-state index contributed by atoms with van der Waals surface area (Å²) in [7, 11) is 0. The second-order valence-electron chi connectivity index (χ2n) is 5.25. The fraction of sp³-hybridized carbons (Fsp3) is 0.412. The van der Waals surface area contributed by atoms with Gasteiger partial charge < -0.3 is 20.1 Å². The van der Waals surface area contributed by atoms with Crippen LogP contribution in [0.3, 0.4) is 0 Å². The number of urea groups is 1. The number of amides is 2. The van der Waals surface area contributed by atoms with Gasteiger partial charge >= 0.3 is 12.0 Å². The lowest BCUT2D eigenvalue weighted by atomic mass is 9.89. The Labute approximate surface area is 135 Å². The maximum Gasteiger partial charge on any atom is 0.319 e. The van der Waals surface area contributed by atoms with Crippen molar-refractivity contribution in [1.29, 1.82) is 0 Å². The average Bonchev–Trinajstić information content (AvgIpc) is 2.52. The predicted octanol–water partition coefficient (Wildman–Crippen LogP) is 2.52. The van der Waals surface area contributed by atoms with E-state index in [9.17, 15) is 9.59 Å². The molecular weight excluding hydrogens is 296 g/mol. The quantitative estimate of drug-likeness (QED) is 0.790. The number of carbonyl (C=O) groups excluding carboxylic acids is 2. The summed E-state index contributed by atoms with van der Waals surface area (Å²) in [5.74, 6) is -0.334. The van der Waals surface area contributed by atoms with Gasteiger partial charge in [-0.3, -0.25) is 4.79 Å². The molecule has 23 heavy (non-hydrogen) atoms. The minimum atomic E-state index is -0.671. The maximum atomic E-state index is 12.2. The van der Waals surface area contributed by atoms with Crippen LogP contribution in [0.15, 0.2) is 36.5 Å². The van der Waals surface area contributed by atoms with Gasteiger partial charge in [0, 0.05) is 5.70 Å². The summed E-state index contributed by atoms with van der Waals surface area (Å²) in [5.41, 5.74) is 1.13. The molecule has 1 aromatic rings. The molecule has 2 rings (SSSR count). The van der Waals surface area contributed by atoms with Gasteiger partial charge in [0.1, 0.15) is 11.7 Å². The number of hydrogen-bond donors (Lipinski definition) is 2. The number of nitrogens with one attached hydrogen (secondary N) is 2. The van der Waals surface area contributed by atoms with Gasteiger partial charge in [-0.25, -0.2) is 4.79 Å². The molecule has 1 saturated heterocycles. The highest BCUT2D eigenvalue weighted by atomic mass is 16.5. The first-order chi connectivity index (χ1) is 11.1. The van der Waals surface area contributed by atoms with Crippen LogP contribution >= 0.6 is 0 Å². The monoisotopic (exact) mass is 318 g/mol. The Balaban J connectivity index is 2.23. The topological polar surface area (TPSA) is 76.7 Å². The number of hydrogen-bond acceptors (Lipinski definition) is 4. The van der Waals surface area contributed by atoms with Gasteiger partial charge in [-0.15, -0.1) is 0 Å². The van der Waals surface area contributed by atoms with Crippen molar-refractivity contribution in [2.45, 2.75) is 26.3 Å². The third kappa shape index (κ3) is 4.03. The molecule has 2 N–H and O–H groups in total. The molecule has 2 atom stereocenters. The van der Waals surface area contributed by atoms with Crippen LogP contribution in [-0.4, -0.2) is 25.2 Å². The van der Waals surface area contributed by atoms with Gasteiger partial charge in [0.05, 0.1) is 19.3 Å². The largest absolute Gasteiger partial charge is 0.494 e. The summed E-state index contributed by atoms with van der Waals surface area (Å²) in [4.78, 5) is 23.9. The number of benzene rings is 1. The first kappa shape index (κ1) is 16.9. The van der Waals surface area contributed by atoms with Crippen molar-refractivity contribution in [2.75, 3.05) is 13.2 Å². The number of carbonyl (C=O) groups is 2. The van der Waals surface area contributed by atoms with Crippen molar-refractivity contribution in [3.63, 3.8) is 0 Å². The van der Waals surface area contributed by atoms with Crippen molar-refractivity contribution in [3.05, 3.63) is 42.1 Å². The summed E-state index contributed by atoms with van der Waals surface area (Å²) in [6.07, 6.45) is 0.927. The Morgan fingerprint density at radius 2 is 1.96 bits per heavy atom. The van der Waals surface area contributed by atoms with Crippen LogP contribution < -0.4 is 15.4 Å². The zero-order chi connectivity index (χ0) is 16.8. The van der Waals surface area contributed by atoms with E-state index in [1.807, 2.05) is 31.2 Å². The van der Waals surface area contributed by atoms with E-state index in [1.54, 1.807) is 6.92 Å². The van der Waals surface area contributed by atoms with Crippen molar-refractivity contribution in [1.82, 2.24) is 10.6 Å². The molecule has 0 spiro atoms. The summed E-state index contributed by atoms with van der Waals surface area (Å²) >= 11 is 0. The molecule has 1 fully saturated rings. The van der Waals surface area contributed by atoms with Crippen LogP contribution in [0.5, 0.6) is 5.75 Å². The van der Waals surface area contributed by atoms with E-state index in [0.29, 0.717) is 12.3 Å². The Bertz CT molecular complexity index is 583. The van der Waals surface area contributed by atoms with E-state index >= 15 is 0 Å². The van der Waals surface area contributed by atoms with Crippen LogP contribution in [0, 0.1) is 5.92 Å². The van der Waals surface area contributed by atoms with Gasteiger partial charge in [0.25, 0.3) is 0 Å². The number of esters is 1. The molecule has 2 amide bonds. The summed E-state index contributed by atoms with van der Waals surface area (Å²) in [6, 6.07) is 6.41. The highest BCUT2D eigenvalue weighted by Crippen LogP contribution is 2.31. The first-order valence-electron chi connectivity index (χ1n) is 7.72. The SMILES string of the molecule is C=C1NC(=O)N[C@@H](c2ccc(OCCC)cc2)[C@@H]1C(=O)OCC. The molecule has 0 bridgehead atoms. The normalized spacial score (nSPS) is 20.4. The first-order valence-corrected chi connectivity index (χ1v) is 7.72. The van der Waals surface area contributed by atoms with Crippen LogP contribution in [0.25, 0.3) is 0 Å². The predicted molar refractivity (Wildman–Crippen MR) is 85.9 cm³/mol. The Morgan fingerprint density at radius 3 is 2.57 bits per heavy atom. The summed E-state index contributed by atoms with van der Waals surface area (Å²) in [6.45, 7) is 8.48. The minimum absolute atomic E-state index is 0.271. The van der Waals surface area contributed by atoms with Gasteiger partial charge in [-0.1, -0.05) is 25.6 Å². The van der Waals surface area contributed by atoms with Gasteiger partial charge in [0.2, 0.25) is 0 Å². The number of ether oxygens (including phenoxy) is 2. The molecule has 0 unspecified atom stereocenters. The van der Waals surface area contributed by atoms with E-state index in [-0.39, 0.29) is 12.6 Å².